The first-order valence-corrected chi connectivity index (χ1v) is 9.18. The molecule has 0 bridgehead atoms. The van der Waals surface area contributed by atoms with Gasteiger partial charge in [-0.25, -0.2) is 0 Å². The average Bonchev–Trinajstić information content (AvgIpc) is 3.08. The van der Waals surface area contributed by atoms with Gasteiger partial charge in [-0.2, -0.15) is 0 Å². The maximum atomic E-state index is 12.5. The van der Waals surface area contributed by atoms with Gasteiger partial charge in [0.05, 0.1) is 19.9 Å². The van der Waals surface area contributed by atoms with Gasteiger partial charge < -0.3 is 29.1 Å². The topological polar surface area (TPSA) is 82.5 Å². The van der Waals surface area contributed by atoms with Crippen LogP contribution in [0.2, 0.25) is 0 Å². The fourth-order valence-corrected chi connectivity index (χ4v) is 3.40. The highest BCUT2D eigenvalue weighted by Gasteiger charge is 2.26. The molecule has 0 unspecified atom stereocenters. The number of hydrogen-bond donors (Lipinski definition) is 3. The number of quaternary nitrogens is 2. The molecule has 8 heteroatoms. The summed E-state index contributed by atoms with van der Waals surface area (Å²) in [6.07, 6.45) is 0. The minimum Gasteiger partial charge on any atom is -0.497 e. The van der Waals surface area contributed by atoms with Gasteiger partial charge in [0.25, 0.3) is 5.91 Å². The number of rotatable bonds is 7. The zero-order valence-electron chi connectivity index (χ0n) is 16.1. The van der Waals surface area contributed by atoms with Crippen molar-refractivity contribution in [3.05, 3.63) is 35.7 Å². The van der Waals surface area contributed by atoms with Gasteiger partial charge in [-0.3, -0.25) is 4.79 Å². The Morgan fingerprint density at radius 2 is 1.89 bits per heavy atom. The SMILES string of the molecule is COc1ccc(OC)c(NC(=O)C[NH+]2CC[NH+](Cc3cc(C)on3)CC2)c1. The van der Waals surface area contributed by atoms with Crippen molar-refractivity contribution < 1.29 is 28.6 Å². The van der Waals surface area contributed by atoms with Crippen molar-refractivity contribution in [2.75, 3.05) is 52.3 Å². The van der Waals surface area contributed by atoms with Gasteiger partial charge in [0.2, 0.25) is 0 Å². The lowest BCUT2D eigenvalue weighted by Gasteiger charge is -2.28. The molecule has 0 radical (unpaired) electrons. The molecular formula is C19H28N4O4+2. The Kier molecular flexibility index (Phi) is 6.31. The van der Waals surface area contributed by atoms with Gasteiger partial charge in [0.1, 0.15) is 55.7 Å². The number of amides is 1. The van der Waals surface area contributed by atoms with Gasteiger partial charge in [-0.05, 0) is 19.1 Å². The predicted octanol–water partition coefficient (Wildman–Crippen LogP) is -1.08. The zero-order chi connectivity index (χ0) is 19.2. The third-order valence-corrected chi connectivity index (χ3v) is 4.86. The smallest absolute Gasteiger partial charge is 0.279 e. The van der Waals surface area contributed by atoms with Crippen LogP contribution in [0.25, 0.3) is 0 Å². The molecule has 0 atom stereocenters. The molecule has 3 rings (SSSR count). The summed E-state index contributed by atoms with van der Waals surface area (Å²) in [5.74, 6) is 2.13. The maximum absolute atomic E-state index is 12.5. The molecule has 1 aliphatic heterocycles. The van der Waals surface area contributed by atoms with E-state index < -0.39 is 0 Å². The molecule has 1 fully saturated rings. The Morgan fingerprint density at radius 3 is 2.52 bits per heavy atom. The lowest BCUT2D eigenvalue weighted by atomic mass is 10.2. The van der Waals surface area contributed by atoms with Crippen LogP contribution >= 0.6 is 0 Å². The highest BCUT2D eigenvalue weighted by Crippen LogP contribution is 2.28. The number of aryl methyl sites for hydroxylation is 1. The van der Waals surface area contributed by atoms with Crippen molar-refractivity contribution in [3.8, 4) is 11.5 Å². The number of benzene rings is 1. The molecule has 1 aromatic heterocycles. The number of anilines is 1. The molecule has 1 amide bonds. The van der Waals surface area contributed by atoms with E-state index in [9.17, 15) is 4.79 Å². The Labute approximate surface area is 159 Å². The number of nitrogens with one attached hydrogen (secondary N) is 3. The van der Waals surface area contributed by atoms with Crippen molar-refractivity contribution >= 4 is 11.6 Å². The summed E-state index contributed by atoms with van der Waals surface area (Å²) in [7, 11) is 3.18. The van der Waals surface area contributed by atoms with Gasteiger partial charge in [0, 0.05) is 12.1 Å². The summed E-state index contributed by atoms with van der Waals surface area (Å²) < 4.78 is 15.7. The third-order valence-electron chi connectivity index (χ3n) is 4.86. The Hall–Kier alpha value is -2.58. The highest BCUT2D eigenvalue weighted by atomic mass is 16.5. The molecule has 1 aliphatic rings. The van der Waals surface area contributed by atoms with E-state index in [1.54, 1.807) is 32.4 Å². The summed E-state index contributed by atoms with van der Waals surface area (Å²) in [5, 5.41) is 7.01. The van der Waals surface area contributed by atoms with E-state index in [-0.39, 0.29) is 5.91 Å². The molecule has 0 aliphatic carbocycles. The van der Waals surface area contributed by atoms with Crippen molar-refractivity contribution in [2.45, 2.75) is 13.5 Å². The molecule has 0 spiro atoms. The van der Waals surface area contributed by atoms with E-state index in [4.69, 9.17) is 14.0 Å². The normalized spacial score (nSPS) is 19.5. The Bertz CT molecular complexity index is 769. The van der Waals surface area contributed by atoms with Crippen LogP contribution in [0.3, 0.4) is 0 Å². The van der Waals surface area contributed by atoms with Crippen LogP contribution in [0.5, 0.6) is 11.5 Å². The first-order valence-electron chi connectivity index (χ1n) is 9.18. The first kappa shape index (κ1) is 19.2. The van der Waals surface area contributed by atoms with Gasteiger partial charge >= 0.3 is 0 Å². The molecule has 2 aromatic rings. The van der Waals surface area contributed by atoms with E-state index in [2.05, 4.69) is 10.5 Å². The number of hydrogen-bond acceptors (Lipinski definition) is 5. The largest absolute Gasteiger partial charge is 0.497 e. The number of carbonyl (C=O) groups excluding carboxylic acids is 1. The second kappa shape index (κ2) is 8.88. The van der Waals surface area contributed by atoms with Crippen molar-refractivity contribution in [1.29, 1.82) is 0 Å². The fourth-order valence-electron chi connectivity index (χ4n) is 3.40. The van der Waals surface area contributed by atoms with Crippen LogP contribution in [-0.2, 0) is 11.3 Å². The van der Waals surface area contributed by atoms with E-state index >= 15 is 0 Å². The number of piperazine rings is 1. The summed E-state index contributed by atoms with van der Waals surface area (Å²) in [6, 6.07) is 7.35. The second-order valence-electron chi connectivity index (χ2n) is 6.90. The molecule has 3 N–H and O–H groups in total. The van der Waals surface area contributed by atoms with Crippen molar-refractivity contribution in [3.63, 3.8) is 0 Å². The molecule has 27 heavy (non-hydrogen) atoms. The molecular weight excluding hydrogens is 348 g/mol. The Balaban J connectivity index is 1.48. The van der Waals surface area contributed by atoms with E-state index in [0.717, 1.165) is 44.2 Å². The van der Waals surface area contributed by atoms with Crippen LogP contribution in [0.1, 0.15) is 11.5 Å². The Morgan fingerprint density at radius 1 is 1.15 bits per heavy atom. The first-order chi connectivity index (χ1) is 13.1. The lowest BCUT2D eigenvalue weighted by molar-refractivity contribution is -1.02. The monoisotopic (exact) mass is 376 g/mol. The average molecular weight is 376 g/mol. The second-order valence-corrected chi connectivity index (χ2v) is 6.90. The van der Waals surface area contributed by atoms with Gasteiger partial charge in [-0.15, -0.1) is 0 Å². The number of methoxy groups -OCH3 is 2. The van der Waals surface area contributed by atoms with Gasteiger partial charge in [0.15, 0.2) is 6.54 Å². The molecule has 2 heterocycles. The minimum atomic E-state index is -0.0212. The number of nitrogens with zero attached hydrogens (tertiary/aromatic N) is 1. The fraction of sp³-hybridized carbons (Fsp3) is 0.474. The van der Waals surface area contributed by atoms with Crippen LogP contribution in [0.4, 0.5) is 5.69 Å². The maximum Gasteiger partial charge on any atom is 0.279 e. The van der Waals surface area contributed by atoms with E-state index in [1.165, 1.54) is 9.80 Å². The molecule has 146 valence electrons. The third kappa shape index (κ3) is 5.21. The standard InChI is InChI=1S/C19H26N4O4/c1-14-10-15(21-27-14)12-22-6-8-23(9-7-22)13-19(24)20-17-11-16(25-2)4-5-18(17)26-3/h4-5,10-11H,6-9,12-13H2,1-3H3,(H,20,24)/p+2. The van der Waals surface area contributed by atoms with Crippen molar-refractivity contribution in [1.82, 2.24) is 5.16 Å². The summed E-state index contributed by atoms with van der Waals surface area (Å²) in [5.41, 5.74) is 1.63. The minimum absolute atomic E-state index is 0.0212. The summed E-state index contributed by atoms with van der Waals surface area (Å²) in [6.45, 7) is 7.15. The summed E-state index contributed by atoms with van der Waals surface area (Å²) >= 11 is 0. The van der Waals surface area contributed by atoms with Crippen molar-refractivity contribution in [2.24, 2.45) is 0 Å². The van der Waals surface area contributed by atoms with E-state index in [0.29, 0.717) is 23.7 Å². The van der Waals surface area contributed by atoms with E-state index in [1.807, 2.05) is 13.0 Å². The number of aromatic nitrogens is 1. The quantitative estimate of drug-likeness (QED) is 0.573. The highest BCUT2D eigenvalue weighted by molar-refractivity contribution is 5.93. The van der Waals surface area contributed by atoms with Gasteiger partial charge in [-0.1, -0.05) is 5.16 Å². The molecule has 1 aromatic carbocycles. The summed E-state index contributed by atoms with van der Waals surface area (Å²) in [4.78, 5) is 15.2. The lowest BCUT2D eigenvalue weighted by Crippen LogP contribution is -3.28. The molecule has 0 saturated carbocycles. The van der Waals surface area contributed by atoms with Crippen LogP contribution in [-0.4, -0.2) is 58.0 Å². The number of ether oxygens (including phenoxy) is 2. The molecule has 1 saturated heterocycles. The number of carbonyl (C=O) groups is 1. The predicted molar refractivity (Wildman–Crippen MR) is 99.4 cm³/mol. The van der Waals surface area contributed by atoms with Crippen LogP contribution in [0, 0.1) is 6.92 Å². The van der Waals surface area contributed by atoms with Crippen LogP contribution < -0.4 is 24.6 Å². The molecule has 8 nitrogen and oxygen atoms in total. The van der Waals surface area contributed by atoms with Crippen LogP contribution in [0.15, 0.2) is 28.8 Å². The zero-order valence-corrected chi connectivity index (χ0v) is 16.1.